The zero-order chi connectivity index (χ0) is 20.9. The van der Waals surface area contributed by atoms with Gasteiger partial charge in [0.15, 0.2) is 0 Å². The fourth-order valence-electron chi connectivity index (χ4n) is 4.38. The van der Waals surface area contributed by atoms with Crippen molar-refractivity contribution in [3.05, 3.63) is 64.7 Å². The molecule has 6 heteroatoms. The lowest BCUT2D eigenvalue weighted by Gasteiger charge is -2.32. The Morgan fingerprint density at radius 3 is 2.50 bits per heavy atom. The topological polar surface area (TPSA) is 52.7 Å². The van der Waals surface area contributed by atoms with Crippen molar-refractivity contribution in [1.29, 1.82) is 0 Å². The summed E-state index contributed by atoms with van der Waals surface area (Å²) in [5, 5.41) is 3.80. The Hall–Kier alpha value is -2.37. The summed E-state index contributed by atoms with van der Waals surface area (Å²) < 4.78 is 0. The highest BCUT2D eigenvalue weighted by Crippen LogP contribution is 2.25. The minimum atomic E-state index is -0.101. The maximum Gasteiger partial charge on any atom is 0.255 e. The number of amides is 2. The molecule has 5 nitrogen and oxygen atoms in total. The lowest BCUT2D eigenvalue weighted by molar-refractivity contribution is -0.121. The van der Waals surface area contributed by atoms with Gasteiger partial charge in [0, 0.05) is 31.2 Å². The third-order valence-corrected chi connectivity index (χ3v) is 6.41. The van der Waals surface area contributed by atoms with Gasteiger partial charge in [-0.15, -0.1) is 0 Å². The van der Waals surface area contributed by atoms with E-state index >= 15 is 0 Å². The highest BCUT2D eigenvalue weighted by atomic mass is 35.5. The van der Waals surface area contributed by atoms with Crippen LogP contribution in [0.2, 0.25) is 5.02 Å². The second-order valence-electron chi connectivity index (χ2n) is 8.20. The van der Waals surface area contributed by atoms with Crippen LogP contribution in [0.15, 0.2) is 48.5 Å². The normalized spacial score (nSPS) is 19.6. The smallest absolute Gasteiger partial charge is 0.255 e. The van der Waals surface area contributed by atoms with Crippen molar-refractivity contribution in [2.24, 2.45) is 5.92 Å². The minimum Gasteiger partial charge on any atom is -0.339 e. The molecular formula is C24H28ClN3O2. The van der Waals surface area contributed by atoms with Crippen molar-refractivity contribution in [2.75, 3.05) is 31.5 Å². The number of para-hydroxylation sites is 1. The molecule has 0 bridgehead atoms. The van der Waals surface area contributed by atoms with Crippen LogP contribution in [0.3, 0.4) is 0 Å². The summed E-state index contributed by atoms with van der Waals surface area (Å²) >= 11 is 6.31. The lowest BCUT2D eigenvalue weighted by Crippen LogP contribution is -2.40. The minimum absolute atomic E-state index is 0.00684. The molecule has 30 heavy (non-hydrogen) atoms. The van der Waals surface area contributed by atoms with Gasteiger partial charge in [-0.3, -0.25) is 14.5 Å². The van der Waals surface area contributed by atoms with E-state index in [1.54, 1.807) is 6.07 Å². The molecule has 0 aliphatic carbocycles. The Kier molecular flexibility index (Phi) is 6.70. The molecule has 158 valence electrons. The van der Waals surface area contributed by atoms with Crippen LogP contribution in [0.1, 0.15) is 41.6 Å². The predicted octanol–water partition coefficient (Wildman–Crippen LogP) is 4.43. The van der Waals surface area contributed by atoms with Crippen LogP contribution >= 0.6 is 11.6 Å². The molecule has 2 fully saturated rings. The maximum absolute atomic E-state index is 13.0. The second-order valence-corrected chi connectivity index (χ2v) is 8.61. The van der Waals surface area contributed by atoms with Crippen LogP contribution in [0.4, 0.5) is 5.69 Å². The Balaban J connectivity index is 1.41. The molecule has 2 heterocycles. The number of rotatable bonds is 5. The van der Waals surface area contributed by atoms with Gasteiger partial charge in [0.25, 0.3) is 5.91 Å². The summed E-state index contributed by atoms with van der Waals surface area (Å²) in [6, 6.07) is 15.2. The molecule has 0 radical (unpaired) electrons. The van der Waals surface area contributed by atoms with Crippen LogP contribution in [-0.2, 0) is 11.3 Å². The maximum atomic E-state index is 13.0. The number of benzene rings is 2. The first-order valence-corrected chi connectivity index (χ1v) is 11.1. The Morgan fingerprint density at radius 2 is 1.70 bits per heavy atom. The van der Waals surface area contributed by atoms with Crippen molar-refractivity contribution < 1.29 is 9.59 Å². The first-order valence-electron chi connectivity index (χ1n) is 10.8. The molecule has 2 aliphatic heterocycles. The summed E-state index contributed by atoms with van der Waals surface area (Å²) in [7, 11) is 0. The number of piperidine rings is 1. The molecule has 2 amide bonds. The van der Waals surface area contributed by atoms with Crippen LogP contribution in [-0.4, -0.2) is 47.8 Å². The third kappa shape index (κ3) is 4.85. The van der Waals surface area contributed by atoms with Gasteiger partial charge in [0.05, 0.1) is 17.2 Å². The van der Waals surface area contributed by atoms with E-state index in [0.29, 0.717) is 17.8 Å². The number of hydrogen-bond donors (Lipinski definition) is 1. The van der Waals surface area contributed by atoms with Gasteiger partial charge < -0.3 is 10.2 Å². The van der Waals surface area contributed by atoms with Crippen molar-refractivity contribution in [3.8, 4) is 0 Å². The summed E-state index contributed by atoms with van der Waals surface area (Å²) in [6.07, 6.45) is 3.91. The number of nitrogens with zero attached hydrogens (tertiary/aromatic N) is 2. The molecule has 4 rings (SSSR count). The van der Waals surface area contributed by atoms with Gasteiger partial charge in [-0.1, -0.05) is 41.9 Å². The SMILES string of the molecule is O=C(Nc1ccccc1C(=O)N1CCCC1)C1CCCN(Cc2ccccc2Cl)C1. The molecule has 2 aromatic carbocycles. The zero-order valence-electron chi connectivity index (χ0n) is 17.1. The Bertz CT molecular complexity index is 911. The van der Waals surface area contributed by atoms with Crippen molar-refractivity contribution >= 4 is 29.1 Å². The number of likely N-dealkylation sites (tertiary alicyclic amines) is 2. The number of nitrogens with one attached hydrogen (secondary N) is 1. The standard InChI is InChI=1S/C24H28ClN3O2/c25-21-11-3-1-8-18(21)16-27-13-7-9-19(17-27)23(29)26-22-12-4-2-10-20(22)24(30)28-14-5-6-15-28/h1-4,8,10-12,19H,5-7,9,13-17H2,(H,26,29). The molecular weight excluding hydrogens is 398 g/mol. The van der Waals surface area contributed by atoms with Crippen LogP contribution in [0.25, 0.3) is 0 Å². The first-order chi connectivity index (χ1) is 14.6. The Labute approximate surface area is 183 Å². The van der Waals surface area contributed by atoms with Crippen LogP contribution < -0.4 is 5.32 Å². The quantitative estimate of drug-likeness (QED) is 0.771. The summed E-state index contributed by atoms with van der Waals surface area (Å²) in [4.78, 5) is 30.1. The van der Waals surface area contributed by atoms with Crippen molar-refractivity contribution in [3.63, 3.8) is 0 Å². The molecule has 0 aromatic heterocycles. The molecule has 2 aromatic rings. The average molecular weight is 426 g/mol. The molecule has 2 aliphatic rings. The molecule has 1 unspecified atom stereocenters. The number of halogens is 1. The average Bonchev–Trinajstić information content (AvgIpc) is 3.30. The number of anilines is 1. The van der Waals surface area contributed by atoms with E-state index in [9.17, 15) is 9.59 Å². The van der Waals surface area contributed by atoms with E-state index in [1.807, 2.05) is 47.4 Å². The molecule has 1 N–H and O–H groups in total. The van der Waals surface area contributed by atoms with Crippen molar-refractivity contribution in [2.45, 2.75) is 32.2 Å². The van der Waals surface area contributed by atoms with E-state index in [0.717, 1.165) is 62.4 Å². The summed E-state index contributed by atoms with van der Waals surface area (Å²) in [6.45, 7) is 3.98. The molecule has 2 saturated heterocycles. The van der Waals surface area contributed by atoms with Gasteiger partial charge in [-0.25, -0.2) is 0 Å². The van der Waals surface area contributed by atoms with E-state index in [4.69, 9.17) is 11.6 Å². The number of carbonyl (C=O) groups is 2. The van der Waals surface area contributed by atoms with Crippen LogP contribution in [0.5, 0.6) is 0 Å². The van der Waals surface area contributed by atoms with Gasteiger partial charge >= 0.3 is 0 Å². The number of carbonyl (C=O) groups excluding carboxylic acids is 2. The van der Waals surface area contributed by atoms with Crippen molar-refractivity contribution in [1.82, 2.24) is 9.80 Å². The summed E-state index contributed by atoms with van der Waals surface area (Å²) in [5.41, 5.74) is 2.28. The largest absolute Gasteiger partial charge is 0.339 e. The number of hydrogen-bond acceptors (Lipinski definition) is 3. The fraction of sp³-hybridized carbons (Fsp3) is 0.417. The monoisotopic (exact) mass is 425 g/mol. The Morgan fingerprint density at radius 1 is 0.967 bits per heavy atom. The fourth-order valence-corrected chi connectivity index (χ4v) is 4.58. The summed E-state index contributed by atoms with van der Waals surface area (Å²) in [5.74, 6) is -0.107. The predicted molar refractivity (Wildman–Crippen MR) is 120 cm³/mol. The lowest BCUT2D eigenvalue weighted by atomic mass is 9.96. The first kappa shape index (κ1) is 20.9. The van der Waals surface area contributed by atoms with Gasteiger partial charge in [0.2, 0.25) is 5.91 Å². The van der Waals surface area contributed by atoms with Gasteiger partial charge in [0.1, 0.15) is 0 Å². The molecule has 1 atom stereocenters. The van der Waals surface area contributed by atoms with E-state index < -0.39 is 0 Å². The second kappa shape index (κ2) is 9.63. The van der Waals surface area contributed by atoms with E-state index in [2.05, 4.69) is 10.2 Å². The van der Waals surface area contributed by atoms with Crippen LogP contribution in [0, 0.1) is 5.92 Å². The molecule has 0 saturated carbocycles. The third-order valence-electron chi connectivity index (χ3n) is 6.04. The van der Waals surface area contributed by atoms with E-state index in [1.165, 1.54) is 0 Å². The highest BCUT2D eigenvalue weighted by molar-refractivity contribution is 6.31. The molecule has 0 spiro atoms. The van der Waals surface area contributed by atoms with Gasteiger partial charge in [-0.2, -0.15) is 0 Å². The van der Waals surface area contributed by atoms with Gasteiger partial charge in [-0.05, 0) is 56.0 Å². The van der Waals surface area contributed by atoms with E-state index in [-0.39, 0.29) is 17.7 Å². The zero-order valence-corrected chi connectivity index (χ0v) is 17.9. The highest BCUT2D eigenvalue weighted by Gasteiger charge is 2.28.